The van der Waals surface area contributed by atoms with E-state index in [0.29, 0.717) is 18.1 Å². The van der Waals surface area contributed by atoms with Gasteiger partial charge in [0.05, 0.1) is 12.8 Å². The van der Waals surface area contributed by atoms with Crippen molar-refractivity contribution >= 4 is 17.4 Å². The molecule has 1 aromatic carbocycles. The topological polar surface area (TPSA) is 49.6 Å². The minimum atomic E-state index is -0.207. The van der Waals surface area contributed by atoms with E-state index in [-0.39, 0.29) is 5.91 Å². The molecule has 0 bridgehead atoms. The number of benzene rings is 1. The maximum Gasteiger partial charge on any atom is 0.295 e. The molecule has 0 saturated heterocycles. The normalized spacial score (nSPS) is 10.5. The first-order valence-electron chi connectivity index (χ1n) is 8.83. The highest BCUT2D eigenvalue weighted by molar-refractivity contribution is 6.03. The Bertz CT molecular complexity index is 810. The highest BCUT2D eigenvalue weighted by atomic mass is 16.3. The number of amides is 1. The number of carbonyl (C=O) groups is 1. The third-order valence-electron chi connectivity index (χ3n) is 4.31. The number of aromatic nitrogens is 1. The standard InChI is InChI=1S/C21H23N3O2/c1-3-23(4-2)18-12-10-17(11-13-18)16-24(20-9-5-6-14-22-20)21(25)19-8-7-15-26-19/h5-15H,3-4,16H2,1-2H3. The zero-order valence-electron chi connectivity index (χ0n) is 15.1. The molecule has 5 nitrogen and oxygen atoms in total. The van der Waals surface area contributed by atoms with Gasteiger partial charge in [0.2, 0.25) is 0 Å². The minimum Gasteiger partial charge on any atom is -0.459 e. The van der Waals surface area contributed by atoms with Crippen LogP contribution in [0.25, 0.3) is 0 Å². The molecule has 0 saturated carbocycles. The van der Waals surface area contributed by atoms with Crippen LogP contribution in [-0.2, 0) is 6.54 Å². The molecule has 26 heavy (non-hydrogen) atoms. The van der Waals surface area contributed by atoms with Gasteiger partial charge in [-0.2, -0.15) is 0 Å². The van der Waals surface area contributed by atoms with E-state index in [1.54, 1.807) is 23.2 Å². The number of hydrogen-bond acceptors (Lipinski definition) is 4. The minimum absolute atomic E-state index is 0.207. The van der Waals surface area contributed by atoms with Crippen LogP contribution in [0.3, 0.4) is 0 Å². The number of furan rings is 1. The summed E-state index contributed by atoms with van der Waals surface area (Å²) in [5.41, 5.74) is 2.21. The predicted molar refractivity (Wildman–Crippen MR) is 103 cm³/mol. The van der Waals surface area contributed by atoms with Gasteiger partial charge in [0.15, 0.2) is 5.76 Å². The number of nitrogens with zero attached hydrogens (tertiary/aromatic N) is 3. The summed E-state index contributed by atoms with van der Waals surface area (Å²) in [7, 11) is 0. The number of anilines is 2. The molecule has 0 aliphatic rings. The molecule has 2 aromatic heterocycles. The molecule has 2 heterocycles. The summed E-state index contributed by atoms with van der Waals surface area (Å²) in [5.74, 6) is 0.693. The van der Waals surface area contributed by atoms with Gasteiger partial charge in [-0.05, 0) is 55.8 Å². The molecule has 134 valence electrons. The Hall–Kier alpha value is -3.08. The van der Waals surface area contributed by atoms with Crippen molar-refractivity contribution in [3.8, 4) is 0 Å². The fourth-order valence-corrected chi connectivity index (χ4v) is 2.89. The number of pyridine rings is 1. The predicted octanol–water partition coefficient (Wildman–Crippen LogP) is 4.37. The van der Waals surface area contributed by atoms with Gasteiger partial charge >= 0.3 is 0 Å². The number of carbonyl (C=O) groups excluding carboxylic acids is 1. The Labute approximate surface area is 153 Å². The van der Waals surface area contributed by atoms with Crippen molar-refractivity contribution in [3.05, 3.63) is 78.4 Å². The molecular weight excluding hydrogens is 326 g/mol. The smallest absolute Gasteiger partial charge is 0.295 e. The molecule has 0 spiro atoms. The average Bonchev–Trinajstić information content (AvgIpc) is 3.23. The van der Waals surface area contributed by atoms with Gasteiger partial charge in [0.25, 0.3) is 5.91 Å². The molecule has 5 heteroatoms. The van der Waals surface area contributed by atoms with E-state index >= 15 is 0 Å². The van der Waals surface area contributed by atoms with E-state index in [4.69, 9.17) is 4.42 Å². The van der Waals surface area contributed by atoms with Crippen LogP contribution in [-0.4, -0.2) is 24.0 Å². The highest BCUT2D eigenvalue weighted by Crippen LogP contribution is 2.20. The van der Waals surface area contributed by atoms with E-state index < -0.39 is 0 Å². The molecular formula is C21H23N3O2. The van der Waals surface area contributed by atoms with Gasteiger partial charge in [-0.1, -0.05) is 18.2 Å². The maximum atomic E-state index is 12.9. The summed E-state index contributed by atoms with van der Waals surface area (Å²) in [5, 5.41) is 0. The van der Waals surface area contributed by atoms with E-state index in [1.165, 1.54) is 12.0 Å². The first-order valence-corrected chi connectivity index (χ1v) is 8.83. The Balaban J connectivity index is 1.85. The lowest BCUT2D eigenvalue weighted by Gasteiger charge is -2.23. The quantitative estimate of drug-likeness (QED) is 0.636. The lowest BCUT2D eigenvalue weighted by molar-refractivity contribution is 0.0957. The SMILES string of the molecule is CCN(CC)c1ccc(CN(C(=O)c2ccco2)c2ccccn2)cc1. The second kappa shape index (κ2) is 8.34. The lowest BCUT2D eigenvalue weighted by atomic mass is 10.1. The summed E-state index contributed by atoms with van der Waals surface area (Å²) < 4.78 is 5.29. The molecule has 0 aliphatic heterocycles. The molecule has 0 N–H and O–H groups in total. The molecule has 0 atom stereocenters. The average molecular weight is 349 g/mol. The highest BCUT2D eigenvalue weighted by Gasteiger charge is 2.21. The largest absolute Gasteiger partial charge is 0.459 e. The summed E-state index contributed by atoms with van der Waals surface area (Å²) in [4.78, 5) is 21.1. The summed E-state index contributed by atoms with van der Waals surface area (Å²) in [6, 6.07) is 17.2. The fraction of sp³-hybridized carbons (Fsp3) is 0.238. The number of hydrogen-bond donors (Lipinski definition) is 0. The molecule has 0 aliphatic carbocycles. The van der Waals surface area contributed by atoms with Crippen LogP contribution in [0.4, 0.5) is 11.5 Å². The van der Waals surface area contributed by atoms with Crippen molar-refractivity contribution < 1.29 is 9.21 Å². The Kier molecular flexibility index (Phi) is 5.69. The van der Waals surface area contributed by atoms with Crippen LogP contribution in [0.1, 0.15) is 30.0 Å². The second-order valence-corrected chi connectivity index (χ2v) is 5.90. The molecule has 3 aromatic rings. The van der Waals surface area contributed by atoms with Crippen LogP contribution in [0, 0.1) is 0 Å². The molecule has 0 unspecified atom stereocenters. The van der Waals surface area contributed by atoms with Crippen molar-refractivity contribution in [2.24, 2.45) is 0 Å². The van der Waals surface area contributed by atoms with Crippen LogP contribution in [0.2, 0.25) is 0 Å². The van der Waals surface area contributed by atoms with Gasteiger partial charge in [-0.15, -0.1) is 0 Å². The number of rotatable bonds is 7. The van der Waals surface area contributed by atoms with Crippen LogP contribution < -0.4 is 9.80 Å². The fourth-order valence-electron chi connectivity index (χ4n) is 2.89. The summed E-state index contributed by atoms with van der Waals surface area (Å²) in [6.45, 7) is 6.64. The van der Waals surface area contributed by atoms with Crippen molar-refractivity contribution in [1.29, 1.82) is 0 Å². The van der Waals surface area contributed by atoms with E-state index in [1.807, 2.05) is 18.2 Å². The Morgan fingerprint density at radius 1 is 1.00 bits per heavy atom. The zero-order chi connectivity index (χ0) is 18.4. The zero-order valence-corrected chi connectivity index (χ0v) is 15.1. The first-order chi connectivity index (χ1) is 12.7. The second-order valence-electron chi connectivity index (χ2n) is 5.90. The molecule has 1 amide bonds. The van der Waals surface area contributed by atoms with E-state index in [0.717, 1.165) is 18.7 Å². The molecule has 3 rings (SSSR count). The van der Waals surface area contributed by atoms with Crippen molar-refractivity contribution in [1.82, 2.24) is 4.98 Å². The third kappa shape index (κ3) is 3.94. The van der Waals surface area contributed by atoms with Gasteiger partial charge in [0, 0.05) is 25.0 Å². The Morgan fingerprint density at radius 2 is 1.77 bits per heavy atom. The first kappa shape index (κ1) is 17.7. The Morgan fingerprint density at radius 3 is 2.35 bits per heavy atom. The summed E-state index contributed by atoms with van der Waals surface area (Å²) >= 11 is 0. The van der Waals surface area contributed by atoms with Gasteiger partial charge in [-0.25, -0.2) is 4.98 Å². The maximum absolute atomic E-state index is 12.9. The van der Waals surface area contributed by atoms with Crippen LogP contribution >= 0.6 is 0 Å². The monoisotopic (exact) mass is 349 g/mol. The lowest BCUT2D eigenvalue weighted by Crippen LogP contribution is -2.30. The van der Waals surface area contributed by atoms with E-state index in [9.17, 15) is 4.79 Å². The van der Waals surface area contributed by atoms with Gasteiger partial charge in [-0.3, -0.25) is 9.69 Å². The van der Waals surface area contributed by atoms with Gasteiger partial charge in [0.1, 0.15) is 5.82 Å². The van der Waals surface area contributed by atoms with Gasteiger partial charge < -0.3 is 9.32 Å². The van der Waals surface area contributed by atoms with Crippen LogP contribution in [0.5, 0.6) is 0 Å². The van der Waals surface area contributed by atoms with Crippen molar-refractivity contribution in [2.75, 3.05) is 22.9 Å². The van der Waals surface area contributed by atoms with E-state index in [2.05, 4.69) is 48.0 Å². The van der Waals surface area contributed by atoms with Crippen molar-refractivity contribution in [3.63, 3.8) is 0 Å². The summed E-state index contributed by atoms with van der Waals surface area (Å²) in [6.07, 6.45) is 3.18. The van der Waals surface area contributed by atoms with Crippen LogP contribution in [0.15, 0.2) is 71.5 Å². The molecule has 0 fully saturated rings. The third-order valence-corrected chi connectivity index (χ3v) is 4.31. The van der Waals surface area contributed by atoms with Crippen molar-refractivity contribution in [2.45, 2.75) is 20.4 Å². The molecule has 0 radical (unpaired) electrons.